The van der Waals surface area contributed by atoms with Crippen LogP contribution < -0.4 is 10.6 Å². The fourth-order valence-electron chi connectivity index (χ4n) is 2.12. The third kappa shape index (κ3) is 2.22. The number of rotatable bonds is 1. The highest BCUT2D eigenvalue weighted by Gasteiger charge is 2.17. The van der Waals surface area contributed by atoms with Crippen molar-refractivity contribution in [2.75, 3.05) is 23.7 Å². The molecule has 3 heteroatoms. The highest BCUT2D eigenvalue weighted by molar-refractivity contribution is 5.52. The van der Waals surface area contributed by atoms with E-state index in [1.165, 1.54) is 12.8 Å². The summed E-state index contributed by atoms with van der Waals surface area (Å²) in [5, 5.41) is 0. The van der Waals surface area contributed by atoms with E-state index >= 15 is 0 Å². The Morgan fingerprint density at radius 1 is 1.53 bits per heavy atom. The first kappa shape index (κ1) is 10.3. The van der Waals surface area contributed by atoms with Gasteiger partial charge in [0.1, 0.15) is 5.82 Å². The minimum absolute atomic E-state index is 0.776. The van der Waals surface area contributed by atoms with E-state index in [0.717, 1.165) is 36.1 Å². The van der Waals surface area contributed by atoms with Crippen LogP contribution in [0.5, 0.6) is 0 Å². The summed E-state index contributed by atoms with van der Waals surface area (Å²) in [6, 6.07) is 2.09. The van der Waals surface area contributed by atoms with E-state index in [0.29, 0.717) is 0 Å². The van der Waals surface area contributed by atoms with Crippen molar-refractivity contribution in [1.29, 1.82) is 0 Å². The number of pyridine rings is 1. The molecule has 0 radical (unpaired) electrons. The highest BCUT2D eigenvalue weighted by Crippen LogP contribution is 2.23. The maximum atomic E-state index is 5.76. The molecule has 1 aromatic heterocycles. The molecule has 1 atom stereocenters. The van der Waals surface area contributed by atoms with E-state index in [1.54, 1.807) is 6.20 Å². The summed E-state index contributed by atoms with van der Waals surface area (Å²) in [6.45, 7) is 6.58. The lowest BCUT2D eigenvalue weighted by atomic mass is 10.0. The summed E-state index contributed by atoms with van der Waals surface area (Å²) in [7, 11) is 0. The molecule has 1 unspecified atom stereocenters. The summed E-state index contributed by atoms with van der Waals surface area (Å²) >= 11 is 0. The molecule has 1 aliphatic rings. The molecule has 0 aromatic carbocycles. The van der Waals surface area contributed by atoms with Gasteiger partial charge in [-0.1, -0.05) is 6.92 Å². The number of nitrogens with two attached hydrogens (primary N) is 1. The van der Waals surface area contributed by atoms with Crippen molar-refractivity contribution in [3.05, 3.63) is 17.8 Å². The van der Waals surface area contributed by atoms with Crippen LogP contribution in [0, 0.1) is 12.8 Å². The Kier molecular flexibility index (Phi) is 2.80. The molecule has 82 valence electrons. The van der Waals surface area contributed by atoms with Gasteiger partial charge in [0, 0.05) is 13.1 Å². The van der Waals surface area contributed by atoms with Gasteiger partial charge >= 0.3 is 0 Å². The number of aryl methyl sites for hydroxylation is 1. The van der Waals surface area contributed by atoms with Gasteiger partial charge in [-0.05, 0) is 37.3 Å². The molecule has 1 saturated heterocycles. The van der Waals surface area contributed by atoms with E-state index in [9.17, 15) is 0 Å². The third-order valence-electron chi connectivity index (χ3n) is 3.12. The van der Waals surface area contributed by atoms with Crippen molar-refractivity contribution >= 4 is 11.5 Å². The normalized spacial score (nSPS) is 21.7. The molecule has 0 aliphatic carbocycles. The summed E-state index contributed by atoms with van der Waals surface area (Å²) in [5.41, 5.74) is 7.67. The topological polar surface area (TPSA) is 42.2 Å². The SMILES string of the molecule is Cc1cc(N2CCCC(C)C2)ncc1N. The van der Waals surface area contributed by atoms with Crippen molar-refractivity contribution in [2.24, 2.45) is 5.92 Å². The van der Waals surface area contributed by atoms with Gasteiger partial charge in [0.25, 0.3) is 0 Å². The van der Waals surface area contributed by atoms with Crippen LogP contribution in [0.3, 0.4) is 0 Å². The lowest BCUT2D eigenvalue weighted by molar-refractivity contribution is 0.444. The second-order valence-corrected chi connectivity index (χ2v) is 4.59. The van der Waals surface area contributed by atoms with Crippen LogP contribution in [-0.4, -0.2) is 18.1 Å². The van der Waals surface area contributed by atoms with Crippen molar-refractivity contribution < 1.29 is 0 Å². The number of aromatic nitrogens is 1. The molecule has 1 aliphatic heterocycles. The summed E-state index contributed by atoms with van der Waals surface area (Å²) in [6.07, 6.45) is 4.38. The lowest BCUT2D eigenvalue weighted by Crippen LogP contribution is -2.34. The highest BCUT2D eigenvalue weighted by atomic mass is 15.2. The first-order valence-corrected chi connectivity index (χ1v) is 5.64. The van der Waals surface area contributed by atoms with Crippen molar-refractivity contribution in [3.8, 4) is 0 Å². The van der Waals surface area contributed by atoms with Gasteiger partial charge < -0.3 is 10.6 Å². The Morgan fingerprint density at radius 3 is 3.00 bits per heavy atom. The number of nitrogens with zero attached hydrogens (tertiary/aromatic N) is 2. The molecule has 3 nitrogen and oxygen atoms in total. The number of nitrogen functional groups attached to an aromatic ring is 1. The second-order valence-electron chi connectivity index (χ2n) is 4.59. The molecular formula is C12H19N3. The van der Waals surface area contributed by atoms with Crippen LogP contribution >= 0.6 is 0 Å². The molecule has 0 amide bonds. The number of hydrogen-bond acceptors (Lipinski definition) is 3. The molecule has 0 saturated carbocycles. The first-order chi connectivity index (χ1) is 7.16. The fraction of sp³-hybridized carbons (Fsp3) is 0.583. The van der Waals surface area contributed by atoms with Gasteiger partial charge in [-0.25, -0.2) is 4.98 Å². The van der Waals surface area contributed by atoms with Crippen molar-refractivity contribution in [2.45, 2.75) is 26.7 Å². The Bertz CT molecular complexity index is 349. The van der Waals surface area contributed by atoms with E-state index in [2.05, 4.69) is 22.9 Å². The Labute approximate surface area is 91.3 Å². The maximum Gasteiger partial charge on any atom is 0.128 e. The Balaban J connectivity index is 2.18. The molecule has 15 heavy (non-hydrogen) atoms. The minimum Gasteiger partial charge on any atom is -0.397 e. The van der Waals surface area contributed by atoms with Crippen molar-refractivity contribution in [3.63, 3.8) is 0 Å². The smallest absolute Gasteiger partial charge is 0.128 e. The van der Waals surface area contributed by atoms with E-state index in [-0.39, 0.29) is 0 Å². The monoisotopic (exact) mass is 205 g/mol. The summed E-state index contributed by atoms with van der Waals surface area (Å²) in [4.78, 5) is 6.76. The van der Waals surface area contributed by atoms with E-state index in [1.807, 2.05) is 6.92 Å². The minimum atomic E-state index is 0.776. The van der Waals surface area contributed by atoms with Gasteiger partial charge in [-0.3, -0.25) is 0 Å². The second kappa shape index (κ2) is 4.09. The van der Waals surface area contributed by atoms with E-state index < -0.39 is 0 Å². The van der Waals surface area contributed by atoms with Gasteiger partial charge in [-0.2, -0.15) is 0 Å². The van der Waals surface area contributed by atoms with E-state index in [4.69, 9.17) is 5.73 Å². The standard InChI is InChI=1S/C12H19N3/c1-9-4-3-5-15(8-9)12-6-10(2)11(13)7-14-12/h6-7,9H,3-5,8,13H2,1-2H3. The summed E-state index contributed by atoms with van der Waals surface area (Å²) < 4.78 is 0. The number of anilines is 2. The molecule has 2 N–H and O–H groups in total. The van der Waals surface area contributed by atoms with Crippen LogP contribution in [0.15, 0.2) is 12.3 Å². The van der Waals surface area contributed by atoms with Crippen molar-refractivity contribution in [1.82, 2.24) is 4.98 Å². The van der Waals surface area contributed by atoms with Crippen LogP contribution in [0.2, 0.25) is 0 Å². The Hall–Kier alpha value is -1.25. The zero-order valence-electron chi connectivity index (χ0n) is 9.53. The molecule has 0 spiro atoms. The van der Waals surface area contributed by atoms with Gasteiger partial charge in [-0.15, -0.1) is 0 Å². The first-order valence-electron chi connectivity index (χ1n) is 5.64. The largest absolute Gasteiger partial charge is 0.397 e. The average Bonchev–Trinajstić information content (AvgIpc) is 2.22. The molecule has 1 fully saturated rings. The molecule has 2 rings (SSSR count). The summed E-state index contributed by atoms with van der Waals surface area (Å²) in [5.74, 6) is 1.85. The molecule has 2 heterocycles. The molecule has 1 aromatic rings. The zero-order chi connectivity index (χ0) is 10.8. The van der Waals surface area contributed by atoms with Crippen LogP contribution in [0.1, 0.15) is 25.3 Å². The van der Waals surface area contributed by atoms with Crippen LogP contribution in [0.4, 0.5) is 11.5 Å². The third-order valence-corrected chi connectivity index (χ3v) is 3.12. The fourth-order valence-corrected chi connectivity index (χ4v) is 2.12. The van der Waals surface area contributed by atoms with Crippen LogP contribution in [0.25, 0.3) is 0 Å². The predicted molar refractivity (Wildman–Crippen MR) is 64.0 cm³/mol. The number of piperidine rings is 1. The average molecular weight is 205 g/mol. The maximum absolute atomic E-state index is 5.76. The number of hydrogen-bond donors (Lipinski definition) is 1. The van der Waals surface area contributed by atoms with Crippen LogP contribution in [-0.2, 0) is 0 Å². The van der Waals surface area contributed by atoms with Gasteiger partial charge in [0.15, 0.2) is 0 Å². The zero-order valence-corrected chi connectivity index (χ0v) is 9.53. The quantitative estimate of drug-likeness (QED) is 0.764. The Morgan fingerprint density at radius 2 is 2.33 bits per heavy atom. The van der Waals surface area contributed by atoms with Gasteiger partial charge in [0.2, 0.25) is 0 Å². The molecule has 0 bridgehead atoms. The lowest BCUT2D eigenvalue weighted by Gasteiger charge is -2.32. The molecular weight excluding hydrogens is 186 g/mol. The predicted octanol–water partition coefficient (Wildman–Crippen LogP) is 2.21. The van der Waals surface area contributed by atoms with Gasteiger partial charge in [0.05, 0.1) is 11.9 Å².